The Balaban J connectivity index is 1.69. The summed E-state index contributed by atoms with van der Waals surface area (Å²) in [6, 6.07) is 17.7. The van der Waals surface area contributed by atoms with Crippen LogP contribution in [-0.2, 0) is 49.3 Å². The standard InChI is InChI=1S/C32H34O10S/c1-17-7-8-23(15-24(17)16-26-13-14-27(43-26)22-9-11-25(37-6)12-10-22)28-29(38-18(2)33)30(39-19(3)34)31(40-20(4)35)32(42-28)41-21(5)36/h7-15,28-32H,16H2,1-6H3/t28?,29-,30+,31-,32-/m0/s1. The Morgan fingerprint density at radius 3 is 1.95 bits per heavy atom. The second kappa shape index (κ2) is 13.8. The first kappa shape index (κ1) is 31.7. The van der Waals surface area contributed by atoms with E-state index in [4.69, 9.17) is 28.4 Å². The van der Waals surface area contributed by atoms with Crippen LogP contribution in [0, 0.1) is 6.92 Å². The molecule has 0 aliphatic carbocycles. The van der Waals surface area contributed by atoms with E-state index in [-0.39, 0.29) is 0 Å². The van der Waals surface area contributed by atoms with Crippen LogP contribution in [0.1, 0.15) is 55.4 Å². The summed E-state index contributed by atoms with van der Waals surface area (Å²) in [5, 5.41) is 0. The smallest absolute Gasteiger partial charge is 0.305 e. The van der Waals surface area contributed by atoms with E-state index in [1.807, 2.05) is 43.3 Å². The molecule has 11 heteroatoms. The van der Waals surface area contributed by atoms with E-state index in [2.05, 4.69) is 12.1 Å². The molecule has 2 aromatic carbocycles. The highest BCUT2D eigenvalue weighted by atomic mass is 32.1. The zero-order chi connectivity index (χ0) is 31.3. The number of esters is 4. The minimum atomic E-state index is -1.43. The van der Waals surface area contributed by atoms with Gasteiger partial charge in [-0.1, -0.05) is 18.2 Å². The van der Waals surface area contributed by atoms with E-state index in [0.717, 1.165) is 39.1 Å². The highest BCUT2D eigenvalue weighted by Crippen LogP contribution is 2.39. The fourth-order valence-corrected chi connectivity index (χ4v) is 5.97. The Morgan fingerprint density at radius 2 is 1.35 bits per heavy atom. The molecule has 1 fully saturated rings. The first-order valence-corrected chi connectivity index (χ1v) is 14.4. The monoisotopic (exact) mass is 610 g/mol. The number of rotatable bonds is 9. The maximum atomic E-state index is 12.2. The first-order valence-electron chi connectivity index (χ1n) is 13.6. The van der Waals surface area contributed by atoms with Crippen molar-refractivity contribution in [1.82, 2.24) is 0 Å². The SMILES string of the molecule is COc1ccc(-c2ccc(Cc3cc(C4O[C@H](OC(C)=O)[C@@H](OC(C)=O)[C@H](OC(C)=O)[C@H]4OC(C)=O)ccc3C)s2)cc1. The summed E-state index contributed by atoms with van der Waals surface area (Å²) >= 11 is 1.67. The van der Waals surface area contributed by atoms with E-state index in [1.54, 1.807) is 24.5 Å². The molecular formula is C32H34O10S. The fourth-order valence-electron chi connectivity index (χ4n) is 4.93. The fraction of sp³-hybridized carbons (Fsp3) is 0.375. The van der Waals surface area contributed by atoms with Gasteiger partial charge >= 0.3 is 23.9 Å². The third-order valence-electron chi connectivity index (χ3n) is 6.79. The largest absolute Gasteiger partial charge is 0.497 e. The Kier molecular flexibility index (Phi) is 10.2. The van der Waals surface area contributed by atoms with Gasteiger partial charge in [-0.15, -0.1) is 11.3 Å². The summed E-state index contributed by atoms with van der Waals surface area (Å²) in [4.78, 5) is 50.5. The van der Waals surface area contributed by atoms with Gasteiger partial charge in [0.25, 0.3) is 0 Å². The number of ether oxygens (including phenoxy) is 6. The maximum Gasteiger partial charge on any atom is 0.305 e. The lowest BCUT2D eigenvalue weighted by molar-refractivity contribution is -0.298. The molecule has 0 N–H and O–H groups in total. The van der Waals surface area contributed by atoms with Gasteiger partial charge in [-0.25, -0.2) is 0 Å². The average Bonchev–Trinajstić information content (AvgIpc) is 3.40. The molecule has 0 amide bonds. The lowest BCUT2D eigenvalue weighted by atomic mass is 9.90. The van der Waals surface area contributed by atoms with Crippen molar-refractivity contribution in [2.45, 2.75) is 71.7 Å². The van der Waals surface area contributed by atoms with Crippen molar-refractivity contribution in [3.63, 3.8) is 0 Å². The van der Waals surface area contributed by atoms with Crippen LogP contribution in [0.25, 0.3) is 10.4 Å². The molecule has 1 aliphatic rings. The minimum Gasteiger partial charge on any atom is -0.497 e. The van der Waals surface area contributed by atoms with Crippen LogP contribution in [0.2, 0.25) is 0 Å². The second-order valence-electron chi connectivity index (χ2n) is 10.1. The van der Waals surface area contributed by atoms with E-state index >= 15 is 0 Å². The molecule has 10 nitrogen and oxygen atoms in total. The van der Waals surface area contributed by atoms with Crippen LogP contribution in [0.15, 0.2) is 54.6 Å². The van der Waals surface area contributed by atoms with Gasteiger partial charge in [0.2, 0.25) is 12.4 Å². The summed E-state index contributed by atoms with van der Waals surface area (Å²) in [5.74, 6) is -2.03. The Bertz CT molecular complexity index is 1480. The number of hydrogen-bond acceptors (Lipinski definition) is 11. The lowest BCUT2D eigenvalue weighted by Gasteiger charge is -2.44. The number of carbonyl (C=O) groups excluding carboxylic acids is 4. The Morgan fingerprint density at radius 1 is 0.744 bits per heavy atom. The van der Waals surface area contributed by atoms with Crippen LogP contribution < -0.4 is 4.74 Å². The van der Waals surface area contributed by atoms with Gasteiger partial charge < -0.3 is 28.4 Å². The Hall–Kier alpha value is -4.22. The molecule has 1 aromatic heterocycles. The number of benzene rings is 2. The highest BCUT2D eigenvalue weighted by Gasteiger charge is 2.53. The first-order chi connectivity index (χ1) is 20.4. The van der Waals surface area contributed by atoms with Crippen molar-refractivity contribution in [3.8, 4) is 16.2 Å². The normalized spacial score (nSPS) is 21.4. The molecular weight excluding hydrogens is 576 g/mol. The van der Waals surface area contributed by atoms with Crippen LogP contribution in [0.3, 0.4) is 0 Å². The molecule has 0 saturated carbocycles. The van der Waals surface area contributed by atoms with Crippen LogP contribution in [0.5, 0.6) is 5.75 Å². The van der Waals surface area contributed by atoms with Crippen molar-refractivity contribution in [3.05, 3.63) is 76.2 Å². The molecule has 0 bridgehead atoms. The maximum absolute atomic E-state index is 12.2. The molecule has 3 aromatic rings. The summed E-state index contributed by atoms with van der Waals surface area (Å²) < 4.78 is 33.3. The third-order valence-corrected chi connectivity index (χ3v) is 7.92. The van der Waals surface area contributed by atoms with E-state index < -0.39 is 54.6 Å². The lowest BCUT2D eigenvalue weighted by Crippen LogP contribution is -2.59. The highest BCUT2D eigenvalue weighted by molar-refractivity contribution is 7.15. The Labute approximate surface area is 253 Å². The van der Waals surface area contributed by atoms with Gasteiger partial charge in [-0.05, 0) is 65.6 Å². The van der Waals surface area contributed by atoms with Crippen molar-refractivity contribution >= 4 is 35.2 Å². The molecule has 228 valence electrons. The van der Waals surface area contributed by atoms with Crippen molar-refractivity contribution in [2.75, 3.05) is 7.11 Å². The number of aryl methyl sites for hydroxylation is 1. The van der Waals surface area contributed by atoms with Gasteiger partial charge in [0, 0.05) is 43.9 Å². The summed E-state index contributed by atoms with van der Waals surface area (Å²) in [6.07, 6.45) is -5.75. The molecule has 43 heavy (non-hydrogen) atoms. The molecule has 1 saturated heterocycles. The molecule has 1 aliphatic heterocycles. The second-order valence-corrected chi connectivity index (χ2v) is 11.3. The number of carbonyl (C=O) groups is 4. The van der Waals surface area contributed by atoms with Crippen molar-refractivity contribution in [1.29, 1.82) is 0 Å². The predicted octanol–water partition coefficient (Wildman–Crippen LogP) is 5.08. The quantitative estimate of drug-likeness (QED) is 0.239. The van der Waals surface area contributed by atoms with Crippen molar-refractivity contribution < 1.29 is 47.6 Å². The molecule has 1 unspecified atom stereocenters. The predicted molar refractivity (Wildman–Crippen MR) is 156 cm³/mol. The molecule has 5 atom stereocenters. The van der Waals surface area contributed by atoms with Crippen molar-refractivity contribution in [2.24, 2.45) is 0 Å². The third kappa shape index (κ3) is 7.99. The number of hydrogen-bond donors (Lipinski definition) is 0. The average molecular weight is 611 g/mol. The van der Waals surface area contributed by atoms with E-state index in [0.29, 0.717) is 12.0 Å². The van der Waals surface area contributed by atoms with Crippen LogP contribution >= 0.6 is 11.3 Å². The van der Waals surface area contributed by atoms with E-state index in [1.165, 1.54) is 20.8 Å². The molecule has 2 heterocycles. The minimum absolute atomic E-state index is 0.592. The number of methoxy groups -OCH3 is 1. The summed E-state index contributed by atoms with van der Waals surface area (Å²) in [6.45, 7) is 6.69. The summed E-state index contributed by atoms with van der Waals surface area (Å²) in [7, 11) is 1.63. The van der Waals surface area contributed by atoms with Crippen LogP contribution in [0.4, 0.5) is 0 Å². The van der Waals surface area contributed by atoms with Gasteiger partial charge in [0.15, 0.2) is 12.2 Å². The van der Waals surface area contributed by atoms with Gasteiger partial charge in [-0.2, -0.15) is 0 Å². The molecule has 0 spiro atoms. The number of thiophene rings is 1. The van der Waals surface area contributed by atoms with Gasteiger partial charge in [-0.3, -0.25) is 19.2 Å². The summed E-state index contributed by atoms with van der Waals surface area (Å²) in [5.41, 5.74) is 3.68. The topological polar surface area (TPSA) is 124 Å². The molecule has 0 radical (unpaired) electrons. The van der Waals surface area contributed by atoms with E-state index in [9.17, 15) is 19.2 Å². The van der Waals surface area contributed by atoms with Gasteiger partial charge in [0.1, 0.15) is 11.9 Å². The zero-order valence-corrected chi connectivity index (χ0v) is 25.6. The zero-order valence-electron chi connectivity index (χ0n) is 24.8. The van der Waals surface area contributed by atoms with Crippen LogP contribution in [-0.4, -0.2) is 55.6 Å². The van der Waals surface area contributed by atoms with Gasteiger partial charge in [0.05, 0.1) is 7.11 Å². The molecule has 4 rings (SSSR count).